The number of rotatable bonds is 4. The molecule has 0 bridgehead atoms. The van der Waals surface area contributed by atoms with Crippen molar-refractivity contribution in [3.05, 3.63) is 28.2 Å². The molecule has 1 atom stereocenters. The third kappa shape index (κ3) is 3.23. The molecule has 0 amide bonds. The van der Waals surface area contributed by atoms with Gasteiger partial charge < -0.3 is 10.4 Å². The highest BCUT2D eigenvalue weighted by Gasteiger charge is 2.10. The van der Waals surface area contributed by atoms with Crippen molar-refractivity contribution in [1.82, 2.24) is 0 Å². The number of benzene rings is 1. The summed E-state index contributed by atoms with van der Waals surface area (Å²) in [6.07, 6.45) is 0. The van der Waals surface area contributed by atoms with E-state index in [1.165, 1.54) is 0 Å². The topological polar surface area (TPSA) is 49.3 Å². The van der Waals surface area contributed by atoms with Crippen LogP contribution in [0.25, 0.3) is 0 Å². The Balaban J connectivity index is 2.66. The number of halogens is 1. The molecule has 0 fully saturated rings. The predicted molar refractivity (Wildman–Crippen MR) is 64.2 cm³/mol. The third-order valence-electron chi connectivity index (χ3n) is 2.29. The maximum atomic E-state index is 10.6. The van der Waals surface area contributed by atoms with Crippen LogP contribution in [0.3, 0.4) is 0 Å². The van der Waals surface area contributed by atoms with E-state index in [4.69, 9.17) is 5.11 Å². The fourth-order valence-electron chi connectivity index (χ4n) is 1.15. The first-order valence-corrected chi connectivity index (χ1v) is 5.53. The molecule has 2 N–H and O–H groups in total. The summed E-state index contributed by atoms with van der Waals surface area (Å²) in [6.45, 7) is 4.10. The molecule has 1 unspecified atom stereocenters. The summed E-state index contributed by atoms with van der Waals surface area (Å²) in [6, 6.07) is 5.82. The van der Waals surface area contributed by atoms with Gasteiger partial charge in [0.1, 0.15) is 0 Å². The molecule has 0 radical (unpaired) electrons. The highest BCUT2D eigenvalue weighted by atomic mass is 79.9. The fraction of sp³-hybridized carbons (Fsp3) is 0.364. The molecular weight excluding hydrogens is 258 g/mol. The number of carbonyl (C=O) groups is 1. The lowest BCUT2D eigenvalue weighted by atomic mass is 10.1. The van der Waals surface area contributed by atoms with E-state index >= 15 is 0 Å². The minimum Gasteiger partial charge on any atom is -0.481 e. The van der Waals surface area contributed by atoms with Crippen molar-refractivity contribution in [3.63, 3.8) is 0 Å². The van der Waals surface area contributed by atoms with Gasteiger partial charge in [-0.3, -0.25) is 4.79 Å². The zero-order valence-electron chi connectivity index (χ0n) is 8.75. The Kier molecular flexibility index (Phi) is 4.15. The number of aliphatic carboxylic acids is 1. The quantitative estimate of drug-likeness (QED) is 0.886. The molecule has 4 heteroatoms. The van der Waals surface area contributed by atoms with Crippen LogP contribution in [0, 0.1) is 12.8 Å². The Bertz CT molecular complexity index is 366. The van der Waals surface area contributed by atoms with Crippen molar-refractivity contribution in [3.8, 4) is 0 Å². The lowest BCUT2D eigenvalue weighted by molar-refractivity contribution is -0.140. The summed E-state index contributed by atoms with van der Waals surface area (Å²) < 4.78 is 1.02. The zero-order chi connectivity index (χ0) is 11.4. The predicted octanol–water partition coefficient (Wildman–Crippen LogP) is 2.89. The van der Waals surface area contributed by atoms with Gasteiger partial charge in [-0.1, -0.05) is 28.9 Å². The van der Waals surface area contributed by atoms with Crippen LogP contribution < -0.4 is 5.32 Å². The van der Waals surface area contributed by atoms with Crippen LogP contribution in [-0.4, -0.2) is 17.6 Å². The van der Waals surface area contributed by atoms with Crippen molar-refractivity contribution in [1.29, 1.82) is 0 Å². The standard InChI is InChI=1S/C11H14BrNO2/c1-7(11(14)15)6-13-10-5-3-4-9(12)8(10)2/h3-5,7,13H,6H2,1-2H3,(H,14,15). The van der Waals surface area contributed by atoms with Gasteiger partial charge in [0.2, 0.25) is 0 Å². The zero-order valence-corrected chi connectivity index (χ0v) is 10.3. The first kappa shape index (κ1) is 12.0. The molecule has 0 aliphatic carbocycles. The van der Waals surface area contributed by atoms with Gasteiger partial charge in [0.15, 0.2) is 0 Å². The second kappa shape index (κ2) is 5.16. The smallest absolute Gasteiger partial charge is 0.308 e. The van der Waals surface area contributed by atoms with Gasteiger partial charge in [-0.2, -0.15) is 0 Å². The highest BCUT2D eigenvalue weighted by molar-refractivity contribution is 9.10. The first-order chi connectivity index (χ1) is 7.02. The molecule has 0 saturated carbocycles. The van der Waals surface area contributed by atoms with Crippen LogP contribution in [0.15, 0.2) is 22.7 Å². The van der Waals surface area contributed by atoms with Crippen molar-refractivity contribution in [2.75, 3.05) is 11.9 Å². The minimum atomic E-state index is -0.782. The van der Waals surface area contributed by atoms with Crippen LogP contribution in [-0.2, 0) is 4.79 Å². The monoisotopic (exact) mass is 271 g/mol. The molecule has 0 saturated heterocycles. The molecule has 0 aliphatic heterocycles. The molecule has 1 aromatic rings. The SMILES string of the molecule is Cc1c(Br)cccc1NCC(C)C(=O)O. The lowest BCUT2D eigenvalue weighted by Gasteiger charge is -2.12. The van der Waals surface area contributed by atoms with Crippen LogP contribution in [0.4, 0.5) is 5.69 Å². The maximum absolute atomic E-state index is 10.6. The molecule has 3 nitrogen and oxygen atoms in total. The molecule has 1 rings (SSSR count). The molecular formula is C11H14BrNO2. The number of carboxylic acids is 1. The van der Waals surface area contributed by atoms with Crippen LogP contribution in [0.5, 0.6) is 0 Å². The van der Waals surface area contributed by atoms with Gasteiger partial charge >= 0.3 is 5.97 Å². The molecule has 0 aromatic heterocycles. The Hall–Kier alpha value is -1.03. The van der Waals surface area contributed by atoms with Gasteiger partial charge in [-0.05, 0) is 24.6 Å². The lowest BCUT2D eigenvalue weighted by Crippen LogP contribution is -2.19. The van der Waals surface area contributed by atoms with Gasteiger partial charge in [0, 0.05) is 16.7 Å². The van der Waals surface area contributed by atoms with Crippen molar-refractivity contribution < 1.29 is 9.90 Å². The minimum absolute atomic E-state index is 0.386. The van der Waals surface area contributed by atoms with Crippen molar-refractivity contribution in [2.45, 2.75) is 13.8 Å². The number of anilines is 1. The number of carboxylic acid groups (broad SMARTS) is 1. The van der Waals surface area contributed by atoms with Crippen molar-refractivity contribution >= 4 is 27.6 Å². The number of hydrogen-bond acceptors (Lipinski definition) is 2. The van der Waals surface area contributed by atoms with E-state index in [9.17, 15) is 4.79 Å². The summed E-state index contributed by atoms with van der Waals surface area (Å²) in [5.41, 5.74) is 2.06. The Morgan fingerprint density at radius 3 is 2.87 bits per heavy atom. The van der Waals surface area contributed by atoms with Gasteiger partial charge in [0.25, 0.3) is 0 Å². The van der Waals surface area contributed by atoms with Gasteiger partial charge in [0.05, 0.1) is 5.92 Å². The van der Waals surface area contributed by atoms with Gasteiger partial charge in [-0.25, -0.2) is 0 Å². The molecule has 0 heterocycles. The Morgan fingerprint density at radius 2 is 2.27 bits per heavy atom. The van der Waals surface area contributed by atoms with E-state index in [0.29, 0.717) is 6.54 Å². The summed E-state index contributed by atoms with van der Waals surface area (Å²) in [5.74, 6) is -1.17. The summed E-state index contributed by atoms with van der Waals surface area (Å²) in [4.78, 5) is 10.6. The van der Waals surface area contributed by atoms with E-state index in [1.807, 2.05) is 25.1 Å². The highest BCUT2D eigenvalue weighted by Crippen LogP contribution is 2.23. The molecule has 0 spiro atoms. The van der Waals surface area contributed by atoms with E-state index in [0.717, 1.165) is 15.7 Å². The summed E-state index contributed by atoms with van der Waals surface area (Å²) in [5, 5.41) is 11.9. The summed E-state index contributed by atoms with van der Waals surface area (Å²) in [7, 11) is 0. The second-order valence-corrected chi connectivity index (χ2v) is 4.39. The molecule has 1 aromatic carbocycles. The fourth-order valence-corrected chi connectivity index (χ4v) is 1.52. The average Bonchev–Trinajstić information content (AvgIpc) is 2.19. The van der Waals surface area contributed by atoms with E-state index in [2.05, 4.69) is 21.2 Å². The van der Waals surface area contributed by atoms with E-state index < -0.39 is 5.97 Å². The van der Waals surface area contributed by atoms with Crippen LogP contribution in [0.1, 0.15) is 12.5 Å². The largest absolute Gasteiger partial charge is 0.481 e. The summed E-state index contributed by atoms with van der Waals surface area (Å²) >= 11 is 3.43. The second-order valence-electron chi connectivity index (χ2n) is 3.53. The average molecular weight is 272 g/mol. The number of nitrogens with one attached hydrogen (secondary N) is 1. The molecule has 0 aliphatic rings. The first-order valence-electron chi connectivity index (χ1n) is 4.74. The van der Waals surface area contributed by atoms with E-state index in [-0.39, 0.29) is 5.92 Å². The Labute approximate surface area is 97.6 Å². The van der Waals surface area contributed by atoms with Crippen molar-refractivity contribution in [2.24, 2.45) is 5.92 Å². The molecule has 15 heavy (non-hydrogen) atoms. The van der Waals surface area contributed by atoms with E-state index in [1.54, 1.807) is 6.92 Å². The maximum Gasteiger partial charge on any atom is 0.308 e. The number of hydrogen-bond donors (Lipinski definition) is 2. The molecule has 82 valence electrons. The van der Waals surface area contributed by atoms with Crippen LogP contribution >= 0.6 is 15.9 Å². The van der Waals surface area contributed by atoms with Crippen LogP contribution in [0.2, 0.25) is 0 Å². The Morgan fingerprint density at radius 1 is 1.60 bits per heavy atom. The van der Waals surface area contributed by atoms with Gasteiger partial charge in [-0.15, -0.1) is 0 Å². The normalized spacial score (nSPS) is 12.2. The third-order valence-corrected chi connectivity index (χ3v) is 3.15.